The third-order valence-corrected chi connectivity index (χ3v) is 2.73. The largest absolute Gasteiger partial charge is 0.326 e. The number of nitrogens with two attached hydrogens (primary N) is 1. The molecule has 0 spiro atoms. The van der Waals surface area contributed by atoms with Crippen molar-refractivity contribution in [3.05, 3.63) is 42.1 Å². The number of hydrogen-bond donors (Lipinski definition) is 1. The summed E-state index contributed by atoms with van der Waals surface area (Å²) in [5.41, 5.74) is 8.28. The van der Waals surface area contributed by atoms with Gasteiger partial charge >= 0.3 is 0 Å². The fourth-order valence-corrected chi connectivity index (χ4v) is 1.75. The van der Waals surface area contributed by atoms with Crippen LogP contribution in [0.5, 0.6) is 0 Å². The highest BCUT2D eigenvalue weighted by atomic mass is 14.7. The van der Waals surface area contributed by atoms with Crippen molar-refractivity contribution in [3.8, 4) is 0 Å². The summed E-state index contributed by atoms with van der Waals surface area (Å²) in [5.74, 6) is 0. The summed E-state index contributed by atoms with van der Waals surface area (Å²) < 4.78 is 0. The van der Waals surface area contributed by atoms with E-state index in [2.05, 4.69) is 43.1 Å². The average Bonchev–Trinajstić information content (AvgIpc) is 2.25. The molecule has 0 radical (unpaired) electrons. The molecule has 2 N–H and O–H groups in total. The lowest BCUT2D eigenvalue weighted by atomic mass is 9.96. The Bertz CT molecular complexity index is 483. The number of rotatable bonds is 3. The quantitative estimate of drug-likeness (QED) is 0.853. The Morgan fingerprint density at radius 1 is 1.25 bits per heavy atom. The molecule has 0 bridgehead atoms. The summed E-state index contributed by atoms with van der Waals surface area (Å²) in [7, 11) is 0. The lowest BCUT2D eigenvalue weighted by molar-refractivity contribution is 0.477. The predicted molar refractivity (Wildman–Crippen MR) is 68.3 cm³/mol. The minimum atomic E-state index is -0.0934. The van der Waals surface area contributed by atoms with Crippen LogP contribution in [0.15, 0.2) is 36.5 Å². The van der Waals surface area contributed by atoms with Gasteiger partial charge in [-0.1, -0.05) is 12.1 Å². The Morgan fingerprint density at radius 2 is 2.06 bits per heavy atom. The van der Waals surface area contributed by atoms with Gasteiger partial charge in [-0.25, -0.2) is 0 Å². The van der Waals surface area contributed by atoms with E-state index in [9.17, 15) is 0 Å². The molecule has 0 aliphatic rings. The van der Waals surface area contributed by atoms with E-state index in [1.165, 1.54) is 10.9 Å². The van der Waals surface area contributed by atoms with Crippen LogP contribution in [-0.4, -0.2) is 10.5 Å². The summed E-state index contributed by atoms with van der Waals surface area (Å²) in [4.78, 5) is 4.31. The molecule has 0 amide bonds. The molecular formula is C14H18N2. The van der Waals surface area contributed by atoms with Crippen LogP contribution in [0.4, 0.5) is 0 Å². The van der Waals surface area contributed by atoms with Gasteiger partial charge in [0.1, 0.15) is 0 Å². The minimum Gasteiger partial charge on any atom is -0.326 e. The molecule has 2 rings (SSSR count). The van der Waals surface area contributed by atoms with Crippen LogP contribution in [0.25, 0.3) is 10.9 Å². The monoisotopic (exact) mass is 214 g/mol. The highest BCUT2D eigenvalue weighted by molar-refractivity contribution is 5.78. The molecule has 2 heteroatoms. The zero-order valence-electron chi connectivity index (χ0n) is 9.90. The van der Waals surface area contributed by atoms with E-state index in [0.29, 0.717) is 0 Å². The van der Waals surface area contributed by atoms with Crippen molar-refractivity contribution in [3.63, 3.8) is 0 Å². The van der Waals surface area contributed by atoms with Crippen molar-refractivity contribution in [1.29, 1.82) is 0 Å². The molecule has 2 aromatic rings. The number of fused-ring (bicyclic) bond motifs is 1. The number of benzene rings is 1. The summed E-state index contributed by atoms with van der Waals surface area (Å²) in [6.07, 6.45) is 3.85. The first kappa shape index (κ1) is 11.1. The van der Waals surface area contributed by atoms with Gasteiger partial charge < -0.3 is 5.73 Å². The first-order valence-corrected chi connectivity index (χ1v) is 5.67. The first-order valence-electron chi connectivity index (χ1n) is 5.67. The lowest BCUT2D eigenvalue weighted by Crippen LogP contribution is -2.32. The highest BCUT2D eigenvalue weighted by Crippen LogP contribution is 2.16. The number of aromatic nitrogens is 1. The maximum atomic E-state index is 5.98. The van der Waals surface area contributed by atoms with E-state index < -0.39 is 0 Å². The number of aryl methyl sites for hydroxylation is 1. The lowest BCUT2D eigenvalue weighted by Gasteiger charge is -2.18. The van der Waals surface area contributed by atoms with E-state index >= 15 is 0 Å². The van der Waals surface area contributed by atoms with Gasteiger partial charge in [0, 0.05) is 17.1 Å². The van der Waals surface area contributed by atoms with Crippen molar-refractivity contribution in [2.24, 2.45) is 5.73 Å². The van der Waals surface area contributed by atoms with Crippen molar-refractivity contribution >= 4 is 10.9 Å². The fourth-order valence-electron chi connectivity index (χ4n) is 1.75. The van der Waals surface area contributed by atoms with Crippen molar-refractivity contribution in [2.45, 2.75) is 32.2 Å². The summed E-state index contributed by atoms with van der Waals surface area (Å²) >= 11 is 0. The van der Waals surface area contributed by atoms with Crippen molar-refractivity contribution in [1.82, 2.24) is 4.98 Å². The molecule has 0 saturated heterocycles. The van der Waals surface area contributed by atoms with E-state index in [0.717, 1.165) is 18.4 Å². The molecule has 0 aliphatic heterocycles. The SMILES string of the molecule is CC(C)(N)CCc1ccc2ncccc2c1. The van der Waals surface area contributed by atoms with Crippen molar-refractivity contribution in [2.75, 3.05) is 0 Å². The molecule has 1 aromatic heterocycles. The topological polar surface area (TPSA) is 38.9 Å². The third kappa shape index (κ3) is 2.80. The molecule has 2 nitrogen and oxygen atoms in total. The molecule has 16 heavy (non-hydrogen) atoms. The molecule has 0 fully saturated rings. The van der Waals surface area contributed by atoms with Gasteiger partial charge in [-0.3, -0.25) is 4.98 Å². The summed E-state index contributed by atoms with van der Waals surface area (Å²) in [6.45, 7) is 4.13. The first-order chi connectivity index (χ1) is 7.54. The smallest absolute Gasteiger partial charge is 0.0702 e. The molecule has 0 atom stereocenters. The van der Waals surface area contributed by atoms with E-state index in [-0.39, 0.29) is 5.54 Å². The maximum absolute atomic E-state index is 5.98. The molecule has 84 valence electrons. The molecular weight excluding hydrogens is 196 g/mol. The predicted octanol–water partition coefficient (Wildman–Crippen LogP) is 2.90. The highest BCUT2D eigenvalue weighted by Gasteiger charge is 2.10. The zero-order chi connectivity index (χ0) is 11.6. The van der Waals surface area contributed by atoms with Crippen LogP contribution in [0.1, 0.15) is 25.8 Å². The Hall–Kier alpha value is -1.41. The standard InChI is InChI=1S/C14H18N2/c1-14(2,15)8-7-11-5-6-13-12(10-11)4-3-9-16-13/h3-6,9-10H,7-8,15H2,1-2H3. The Labute approximate surface area is 96.5 Å². The van der Waals surface area contributed by atoms with Gasteiger partial charge in [0.05, 0.1) is 5.52 Å². The average molecular weight is 214 g/mol. The Kier molecular flexibility index (Phi) is 2.92. The minimum absolute atomic E-state index is 0.0934. The maximum Gasteiger partial charge on any atom is 0.0702 e. The van der Waals surface area contributed by atoms with Gasteiger partial charge in [-0.05, 0) is 50.5 Å². The van der Waals surface area contributed by atoms with E-state index in [4.69, 9.17) is 5.73 Å². The number of nitrogens with zero attached hydrogens (tertiary/aromatic N) is 1. The normalized spacial score (nSPS) is 11.9. The molecule has 1 aromatic carbocycles. The number of hydrogen-bond acceptors (Lipinski definition) is 2. The van der Waals surface area contributed by atoms with E-state index in [1.807, 2.05) is 12.3 Å². The second-order valence-corrected chi connectivity index (χ2v) is 5.02. The Balaban J connectivity index is 2.20. The number of pyridine rings is 1. The Morgan fingerprint density at radius 3 is 2.81 bits per heavy atom. The van der Waals surface area contributed by atoms with Crippen LogP contribution in [0.2, 0.25) is 0 Å². The summed E-state index contributed by atoms with van der Waals surface area (Å²) in [5, 5.41) is 1.20. The van der Waals surface area contributed by atoms with Crippen LogP contribution < -0.4 is 5.73 Å². The van der Waals surface area contributed by atoms with Gasteiger partial charge in [0.25, 0.3) is 0 Å². The molecule has 0 unspecified atom stereocenters. The summed E-state index contributed by atoms with van der Waals surface area (Å²) in [6, 6.07) is 10.5. The second-order valence-electron chi connectivity index (χ2n) is 5.02. The van der Waals surface area contributed by atoms with Crippen molar-refractivity contribution < 1.29 is 0 Å². The van der Waals surface area contributed by atoms with Gasteiger partial charge in [0.15, 0.2) is 0 Å². The fraction of sp³-hybridized carbons (Fsp3) is 0.357. The third-order valence-electron chi connectivity index (χ3n) is 2.73. The van der Waals surface area contributed by atoms with Crippen LogP contribution in [-0.2, 0) is 6.42 Å². The van der Waals surface area contributed by atoms with Gasteiger partial charge in [0.2, 0.25) is 0 Å². The molecule has 1 heterocycles. The van der Waals surface area contributed by atoms with E-state index in [1.54, 1.807) is 0 Å². The van der Waals surface area contributed by atoms with Gasteiger partial charge in [-0.15, -0.1) is 0 Å². The van der Waals surface area contributed by atoms with Crippen LogP contribution >= 0.6 is 0 Å². The van der Waals surface area contributed by atoms with Crippen LogP contribution in [0.3, 0.4) is 0 Å². The molecule has 0 aliphatic carbocycles. The molecule has 0 saturated carbocycles. The van der Waals surface area contributed by atoms with Gasteiger partial charge in [-0.2, -0.15) is 0 Å². The zero-order valence-corrected chi connectivity index (χ0v) is 9.90. The van der Waals surface area contributed by atoms with Crippen LogP contribution in [0, 0.1) is 0 Å². The second kappa shape index (κ2) is 4.22.